The van der Waals surface area contributed by atoms with Gasteiger partial charge in [-0.15, -0.1) is 10.2 Å². The fraction of sp³-hybridized carbons (Fsp3) is 0.136. The summed E-state index contributed by atoms with van der Waals surface area (Å²) in [5, 5.41) is 11.8. The van der Waals surface area contributed by atoms with E-state index < -0.39 is 0 Å². The van der Waals surface area contributed by atoms with Crippen molar-refractivity contribution in [2.45, 2.75) is 6.54 Å². The van der Waals surface area contributed by atoms with E-state index in [9.17, 15) is 0 Å². The minimum absolute atomic E-state index is 0.442. The van der Waals surface area contributed by atoms with E-state index in [-0.39, 0.29) is 0 Å². The molecule has 0 spiro atoms. The number of nitrogens with one attached hydrogen (secondary N) is 1. The number of hydrogen-bond acceptors (Lipinski definition) is 6. The molecule has 0 fully saturated rings. The molecule has 2 aromatic heterocycles. The molecule has 1 N–H and O–H groups in total. The second-order valence-electron chi connectivity index (χ2n) is 6.59. The second kappa shape index (κ2) is 7.92. The van der Waals surface area contributed by atoms with Gasteiger partial charge in [-0.1, -0.05) is 30.3 Å². The van der Waals surface area contributed by atoms with Crippen molar-refractivity contribution in [2.75, 3.05) is 24.3 Å². The van der Waals surface area contributed by atoms with Gasteiger partial charge in [0.1, 0.15) is 5.82 Å². The average molecular weight is 371 g/mol. The summed E-state index contributed by atoms with van der Waals surface area (Å²) in [6.07, 6.45) is 1.75. The van der Waals surface area contributed by atoms with Gasteiger partial charge in [0, 0.05) is 38.1 Å². The number of rotatable bonds is 6. The molecule has 2 aromatic carbocycles. The first-order chi connectivity index (χ1) is 13.7. The number of benzene rings is 2. The van der Waals surface area contributed by atoms with Gasteiger partial charge < -0.3 is 14.6 Å². The lowest BCUT2D eigenvalue weighted by Crippen LogP contribution is -2.08. The lowest BCUT2D eigenvalue weighted by molar-refractivity contribution is 0.584. The molecule has 0 unspecified atom stereocenters. The first kappa shape index (κ1) is 17.7. The van der Waals surface area contributed by atoms with Crippen molar-refractivity contribution >= 4 is 11.5 Å². The maximum absolute atomic E-state index is 5.88. The molecule has 2 heterocycles. The third kappa shape index (κ3) is 3.86. The van der Waals surface area contributed by atoms with Crippen LogP contribution >= 0.6 is 0 Å². The summed E-state index contributed by atoms with van der Waals surface area (Å²) < 4.78 is 5.88. The fourth-order valence-corrected chi connectivity index (χ4v) is 2.85. The highest BCUT2D eigenvalue weighted by molar-refractivity contribution is 5.69. The van der Waals surface area contributed by atoms with E-state index in [1.807, 2.05) is 56.6 Å². The summed E-state index contributed by atoms with van der Waals surface area (Å²) in [6, 6.07) is 21.9. The van der Waals surface area contributed by atoms with E-state index in [0.717, 1.165) is 16.7 Å². The highest BCUT2D eigenvalue weighted by Gasteiger charge is 2.14. The molecule has 4 rings (SSSR count). The summed E-state index contributed by atoms with van der Waals surface area (Å²) in [5.74, 6) is 1.64. The summed E-state index contributed by atoms with van der Waals surface area (Å²) in [5.41, 5.74) is 4.00. The third-order valence-electron chi connectivity index (χ3n) is 4.40. The van der Waals surface area contributed by atoms with E-state index in [1.165, 1.54) is 5.69 Å². The van der Waals surface area contributed by atoms with Crippen molar-refractivity contribution in [3.63, 3.8) is 0 Å². The number of aromatic nitrogens is 3. The van der Waals surface area contributed by atoms with Crippen LogP contribution in [0, 0.1) is 0 Å². The van der Waals surface area contributed by atoms with Crippen LogP contribution in [0.25, 0.3) is 22.9 Å². The minimum atomic E-state index is 0.442. The van der Waals surface area contributed by atoms with E-state index in [1.54, 1.807) is 6.20 Å². The minimum Gasteiger partial charge on any atom is -0.416 e. The van der Waals surface area contributed by atoms with Crippen LogP contribution in [0.15, 0.2) is 77.3 Å². The zero-order chi connectivity index (χ0) is 19.3. The Kier molecular flexibility index (Phi) is 5.01. The van der Waals surface area contributed by atoms with Crippen molar-refractivity contribution in [2.24, 2.45) is 0 Å². The van der Waals surface area contributed by atoms with Gasteiger partial charge in [0.05, 0.1) is 5.56 Å². The molecule has 6 nitrogen and oxygen atoms in total. The van der Waals surface area contributed by atoms with E-state index in [0.29, 0.717) is 24.1 Å². The molecule has 4 aromatic rings. The molecule has 140 valence electrons. The van der Waals surface area contributed by atoms with Crippen LogP contribution in [0.4, 0.5) is 11.5 Å². The molecule has 0 radical (unpaired) electrons. The van der Waals surface area contributed by atoms with Crippen LogP contribution in [0.1, 0.15) is 5.56 Å². The Labute approximate surface area is 163 Å². The zero-order valence-corrected chi connectivity index (χ0v) is 15.8. The Morgan fingerprint density at radius 3 is 2.36 bits per heavy atom. The molecule has 0 aliphatic carbocycles. The zero-order valence-electron chi connectivity index (χ0n) is 15.8. The van der Waals surface area contributed by atoms with E-state index in [2.05, 4.69) is 49.7 Å². The summed E-state index contributed by atoms with van der Waals surface area (Å²) >= 11 is 0. The van der Waals surface area contributed by atoms with Crippen LogP contribution in [0.5, 0.6) is 0 Å². The van der Waals surface area contributed by atoms with E-state index in [4.69, 9.17) is 4.42 Å². The normalized spacial score (nSPS) is 10.6. The second-order valence-corrected chi connectivity index (χ2v) is 6.59. The number of nitrogens with zero attached hydrogens (tertiary/aromatic N) is 4. The standard InChI is InChI=1S/C22H21N5O/c1-27(2)18-12-10-16(11-13-18)15-24-20-19(9-6-14-23-20)22-26-25-21(28-22)17-7-4-3-5-8-17/h3-14H,15H2,1-2H3,(H,23,24). The van der Waals surface area contributed by atoms with Crippen LogP contribution in [-0.2, 0) is 6.54 Å². The van der Waals surface area contributed by atoms with Crippen molar-refractivity contribution in [3.05, 3.63) is 78.5 Å². The Morgan fingerprint density at radius 1 is 0.857 bits per heavy atom. The molecule has 28 heavy (non-hydrogen) atoms. The summed E-state index contributed by atoms with van der Waals surface area (Å²) in [7, 11) is 4.06. The van der Waals surface area contributed by atoms with Gasteiger partial charge in [-0.2, -0.15) is 0 Å². The van der Waals surface area contributed by atoms with Gasteiger partial charge in [-0.3, -0.25) is 0 Å². The fourth-order valence-electron chi connectivity index (χ4n) is 2.85. The smallest absolute Gasteiger partial charge is 0.251 e. The molecule has 0 aliphatic rings. The Hall–Kier alpha value is -3.67. The van der Waals surface area contributed by atoms with Gasteiger partial charge >= 0.3 is 0 Å². The number of hydrogen-bond donors (Lipinski definition) is 1. The van der Waals surface area contributed by atoms with Gasteiger partial charge in [0.25, 0.3) is 5.89 Å². The first-order valence-electron chi connectivity index (χ1n) is 9.05. The van der Waals surface area contributed by atoms with Crippen molar-refractivity contribution in [1.82, 2.24) is 15.2 Å². The van der Waals surface area contributed by atoms with Crippen LogP contribution < -0.4 is 10.2 Å². The average Bonchev–Trinajstić information content (AvgIpc) is 3.23. The molecule has 0 saturated heterocycles. The molecule has 6 heteroatoms. The maximum Gasteiger partial charge on any atom is 0.251 e. The monoisotopic (exact) mass is 371 g/mol. The summed E-state index contributed by atoms with van der Waals surface area (Å²) in [6.45, 7) is 0.650. The van der Waals surface area contributed by atoms with Crippen LogP contribution in [0.3, 0.4) is 0 Å². The topological polar surface area (TPSA) is 67.1 Å². The Bertz CT molecular complexity index is 1040. The van der Waals surface area contributed by atoms with Crippen molar-refractivity contribution in [1.29, 1.82) is 0 Å². The highest BCUT2D eigenvalue weighted by Crippen LogP contribution is 2.28. The first-order valence-corrected chi connectivity index (χ1v) is 9.05. The third-order valence-corrected chi connectivity index (χ3v) is 4.40. The quantitative estimate of drug-likeness (QED) is 0.539. The largest absolute Gasteiger partial charge is 0.416 e. The molecule has 0 aliphatic heterocycles. The predicted octanol–water partition coefficient (Wildman–Crippen LogP) is 4.48. The SMILES string of the molecule is CN(C)c1ccc(CNc2ncccc2-c2nnc(-c3ccccc3)o2)cc1. The lowest BCUT2D eigenvalue weighted by Gasteiger charge is -2.13. The van der Waals surface area contributed by atoms with E-state index >= 15 is 0 Å². The highest BCUT2D eigenvalue weighted by atomic mass is 16.4. The van der Waals surface area contributed by atoms with Gasteiger partial charge in [-0.05, 0) is 42.0 Å². The molecule has 0 atom stereocenters. The van der Waals surface area contributed by atoms with Crippen LogP contribution in [-0.4, -0.2) is 29.3 Å². The van der Waals surface area contributed by atoms with Crippen molar-refractivity contribution in [3.8, 4) is 22.9 Å². The molecular formula is C22H21N5O. The van der Waals surface area contributed by atoms with Crippen molar-refractivity contribution < 1.29 is 4.42 Å². The lowest BCUT2D eigenvalue weighted by atomic mass is 10.2. The number of anilines is 2. The van der Waals surface area contributed by atoms with Gasteiger partial charge in [-0.25, -0.2) is 4.98 Å². The molecule has 0 saturated carbocycles. The van der Waals surface area contributed by atoms with Gasteiger partial charge in [0.2, 0.25) is 5.89 Å². The molecular weight excluding hydrogens is 350 g/mol. The Morgan fingerprint density at radius 2 is 1.61 bits per heavy atom. The molecule has 0 amide bonds. The van der Waals surface area contributed by atoms with Crippen LogP contribution in [0.2, 0.25) is 0 Å². The summed E-state index contributed by atoms with van der Waals surface area (Å²) in [4.78, 5) is 6.53. The molecule has 0 bridgehead atoms. The number of pyridine rings is 1. The Balaban J connectivity index is 1.53. The van der Waals surface area contributed by atoms with Gasteiger partial charge in [0.15, 0.2) is 0 Å². The predicted molar refractivity (Wildman–Crippen MR) is 111 cm³/mol. The maximum atomic E-state index is 5.88.